The van der Waals surface area contributed by atoms with Gasteiger partial charge in [0.1, 0.15) is 0 Å². The average molecular weight is 211 g/mol. The van der Waals surface area contributed by atoms with Gasteiger partial charge in [-0.3, -0.25) is 4.79 Å². The Morgan fingerprint density at radius 1 is 1.36 bits per heavy atom. The summed E-state index contributed by atoms with van der Waals surface area (Å²) in [7, 11) is 0. The van der Waals surface area contributed by atoms with Crippen LogP contribution in [0.3, 0.4) is 0 Å². The van der Waals surface area contributed by atoms with E-state index < -0.39 is 0 Å². The zero-order valence-electron chi connectivity index (χ0n) is 9.39. The predicted molar refractivity (Wildman–Crippen MR) is 61.0 cm³/mol. The van der Waals surface area contributed by atoms with Gasteiger partial charge in [0, 0.05) is 10.4 Å². The Balaban J connectivity index is 2.80. The Labute approximate surface area is 89.3 Å². The highest BCUT2D eigenvalue weighted by molar-refractivity contribution is 7.14. The van der Waals surface area contributed by atoms with E-state index in [2.05, 4.69) is 5.32 Å². The summed E-state index contributed by atoms with van der Waals surface area (Å²) in [5.74, 6) is 0.0266. The van der Waals surface area contributed by atoms with Crippen molar-refractivity contribution in [3.63, 3.8) is 0 Å². The van der Waals surface area contributed by atoms with Crippen molar-refractivity contribution in [1.29, 1.82) is 0 Å². The van der Waals surface area contributed by atoms with E-state index >= 15 is 0 Å². The summed E-state index contributed by atoms with van der Waals surface area (Å²) in [5.41, 5.74) is 1.03. The molecule has 0 spiro atoms. The van der Waals surface area contributed by atoms with E-state index in [9.17, 15) is 4.79 Å². The van der Waals surface area contributed by atoms with Crippen molar-refractivity contribution in [2.24, 2.45) is 0 Å². The molecule has 0 aromatic carbocycles. The summed E-state index contributed by atoms with van der Waals surface area (Å²) in [6, 6.07) is 1.95. The first kappa shape index (κ1) is 11.2. The molecule has 1 N–H and O–H groups in total. The van der Waals surface area contributed by atoms with Crippen LogP contribution in [0.25, 0.3) is 0 Å². The van der Waals surface area contributed by atoms with Gasteiger partial charge in [0.15, 0.2) is 0 Å². The molecule has 1 heterocycles. The Bertz CT molecular complexity index is 327. The molecule has 3 heteroatoms. The fourth-order valence-corrected chi connectivity index (χ4v) is 2.02. The van der Waals surface area contributed by atoms with Crippen LogP contribution < -0.4 is 5.32 Å². The summed E-state index contributed by atoms with van der Waals surface area (Å²) < 4.78 is 0. The number of hydrogen-bond acceptors (Lipinski definition) is 2. The summed E-state index contributed by atoms with van der Waals surface area (Å²) in [4.78, 5) is 13.7. The van der Waals surface area contributed by atoms with Gasteiger partial charge >= 0.3 is 0 Å². The normalized spacial score (nSPS) is 11.5. The number of rotatable bonds is 1. The predicted octanol–water partition coefficient (Wildman–Crippen LogP) is 2.89. The van der Waals surface area contributed by atoms with Crippen molar-refractivity contribution in [2.45, 2.75) is 40.2 Å². The molecule has 0 fully saturated rings. The first-order chi connectivity index (χ1) is 6.29. The summed E-state index contributed by atoms with van der Waals surface area (Å²) in [6.45, 7) is 10.0. The third kappa shape index (κ3) is 2.84. The second-order valence-corrected chi connectivity index (χ2v) is 5.81. The molecule has 0 unspecified atom stereocenters. The average Bonchev–Trinajstić information content (AvgIpc) is 2.28. The lowest BCUT2D eigenvalue weighted by Gasteiger charge is -2.19. The van der Waals surface area contributed by atoms with Crippen LogP contribution in [0.1, 0.15) is 40.9 Å². The molecule has 2 nitrogen and oxygen atoms in total. The largest absolute Gasteiger partial charge is 0.347 e. The molecule has 1 amide bonds. The molecule has 0 saturated heterocycles. The number of nitrogens with one attached hydrogen (secondary N) is 1. The van der Waals surface area contributed by atoms with E-state index in [1.165, 1.54) is 10.4 Å². The van der Waals surface area contributed by atoms with E-state index in [0.717, 1.165) is 4.88 Å². The minimum Gasteiger partial charge on any atom is -0.347 e. The van der Waals surface area contributed by atoms with Crippen molar-refractivity contribution in [3.05, 3.63) is 21.4 Å². The Kier molecular flexibility index (Phi) is 3.00. The van der Waals surface area contributed by atoms with Gasteiger partial charge < -0.3 is 5.32 Å². The van der Waals surface area contributed by atoms with Crippen LogP contribution in [0.15, 0.2) is 6.07 Å². The molecule has 14 heavy (non-hydrogen) atoms. The number of carbonyl (C=O) groups is 1. The van der Waals surface area contributed by atoms with Crippen LogP contribution in [-0.4, -0.2) is 11.4 Å². The maximum absolute atomic E-state index is 11.7. The van der Waals surface area contributed by atoms with Crippen LogP contribution in [0.5, 0.6) is 0 Å². The highest BCUT2D eigenvalue weighted by Gasteiger charge is 2.17. The minimum absolute atomic E-state index is 0.0266. The van der Waals surface area contributed by atoms with Crippen molar-refractivity contribution in [1.82, 2.24) is 5.32 Å². The van der Waals surface area contributed by atoms with Crippen molar-refractivity contribution in [2.75, 3.05) is 0 Å². The third-order valence-corrected chi connectivity index (χ3v) is 3.03. The van der Waals surface area contributed by atoms with Crippen molar-refractivity contribution >= 4 is 17.2 Å². The molecule has 1 aromatic rings. The molecule has 0 bridgehead atoms. The number of thiophene rings is 1. The molecular formula is C11H17NOS. The molecule has 78 valence electrons. The van der Waals surface area contributed by atoms with Crippen LogP contribution >= 0.6 is 11.3 Å². The molecule has 0 atom stereocenters. The van der Waals surface area contributed by atoms with E-state index in [4.69, 9.17) is 0 Å². The summed E-state index contributed by atoms with van der Waals surface area (Å²) >= 11 is 1.55. The molecule has 0 radical (unpaired) electrons. The molecule has 0 aliphatic carbocycles. The topological polar surface area (TPSA) is 29.1 Å². The van der Waals surface area contributed by atoms with Gasteiger partial charge in [-0.25, -0.2) is 0 Å². The van der Waals surface area contributed by atoms with Gasteiger partial charge in [-0.05, 0) is 46.2 Å². The number of aryl methyl sites for hydroxylation is 2. The van der Waals surface area contributed by atoms with Gasteiger partial charge in [-0.15, -0.1) is 11.3 Å². The molecule has 1 aromatic heterocycles. The second-order valence-electron chi connectivity index (χ2n) is 4.55. The van der Waals surface area contributed by atoms with Crippen LogP contribution in [0.2, 0.25) is 0 Å². The van der Waals surface area contributed by atoms with Gasteiger partial charge in [0.05, 0.1) is 4.88 Å². The van der Waals surface area contributed by atoms with E-state index in [-0.39, 0.29) is 11.4 Å². The third-order valence-electron chi connectivity index (χ3n) is 1.88. The highest BCUT2D eigenvalue weighted by atomic mass is 32.1. The van der Waals surface area contributed by atoms with Crippen LogP contribution in [0, 0.1) is 13.8 Å². The van der Waals surface area contributed by atoms with Gasteiger partial charge in [0.25, 0.3) is 5.91 Å². The van der Waals surface area contributed by atoms with Gasteiger partial charge in [0.2, 0.25) is 0 Å². The summed E-state index contributed by atoms with van der Waals surface area (Å²) in [6.07, 6.45) is 0. The molecule has 1 rings (SSSR count). The highest BCUT2D eigenvalue weighted by Crippen LogP contribution is 2.20. The lowest BCUT2D eigenvalue weighted by molar-refractivity contribution is 0.0923. The van der Waals surface area contributed by atoms with E-state index in [1.54, 1.807) is 11.3 Å². The van der Waals surface area contributed by atoms with Gasteiger partial charge in [-0.2, -0.15) is 0 Å². The maximum Gasteiger partial charge on any atom is 0.261 e. The lowest BCUT2D eigenvalue weighted by atomic mass is 10.1. The monoisotopic (exact) mass is 211 g/mol. The number of amides is 1. The first-order valence-electron chi connectivity index (χ1n) is 4.69. The van der Waals surface area contributed by atoms with Crippen LogP contribution in [-0.2, 0) is 0 Å². The molecular weight excluding hydrogens is 194 g/mol. The Morgan fingerprint density at radius 2 is 1.93 bits per heavy atom. The van der Waals surface area contributed by atoms with Gasteiger partial charge in [-0.1, -0.05) is 0 Å². The van der Waals surface area contributed by atoms with Crippen molar-refractivity contribution < 1.29 is 4.79 Å². The minimum atomic E-state index is -0.164. The summed E-state index contributed by atoms with van der Waals surface area (Å²) in [5, 5.41) is 2.95. The molecule has 0 aliphatic heterocycles. The fourth-order valence-electron chi connectivity index (χ4n) is 1.09. The molecule has 0 saturated carbocycles. The lowest BCUT2D eigenvalue weighted by Crippen LogP contribution is -2.40. The molecule has 0 aliphatic rings. The maximum atomic E-state index is 11.7. The standard InChI is InChI=1S/C11H17NOS/c1-7-6-9(14-8(7)2)10(13)12-11(3,4)5/h6H,1-5H3,(H,12,13). The SMILES string of the molecule is Cc1cc(C(=O)NC(C)(C)C)sc1C. The second kappa shape index (κ2) is 3.73. The Morgan fingerprint density at radius 3 is 2.29 bits per heavy atom. The first-order valence-corrected chi connectivity index (χ1v) is 5.51. The van der Waals surface area contributed by atoms with Crippen molar-refractivity contribution in [3.8, 4) is 0 Å². The quantitative estimate of drug-likeness (QED) is 0.760. The smallest absolute Gasteiger partial charge is 0.261 e. The fraction of sp³-hybridized carbons (Fsp3) is 0.545. The zero-order valence-corrected chi connectivity index (χ0v) is 10.2. The van der Waals surface area contributed by atoms with E-state index in [1.807, 2.05) is 40.7 Å². The Hall–Kier alpha value is -0.830. The van der Waals surface area contributed by atoms with E-state index in [0.29, 0.717) is 0 Å². The van der Waals surface area contributed by atoms with Crippen LogP contribution in [0.4, 0.5) is 0 Å². The number of carbonyl (C=O) groups excluding carboxylic acids is 1. The number of hydrogen-bond donors (Lipinski definition) is 1. The zero-order chi connectivity index (χ0) is 10.9.